The quantitative estimate of drug-likeness (QED) is 0.320. The summed E-state index contributed by atoms with van der Waals surface area (Å²) in [4.78, 5) is 10.4. The molecule has 0 amide bonds. The van der Waals surface area contributed by atoms with Gasteiger partial charge in [0.15, 0.2) is 0 Å². The molecule has 1 heterocycles. The summed E-state index contributed by atoms with van der Waals surface area (Å²) in [5, 5.41) is 19.5. The Morgan fingerprint density at radius 2 is 1.89 bits per heavy atom. The Morgan fingerprint density at radius 3 is 2.54 bits per heavy atom. The largest absolute Gasteiger partial charge is 0.295 e. The Morgan fingerprint density at radius 1 is 1.14 bits per heavy atom. The smallest absolute Gasteiger partial charge is 0.280 e. The minimum Gasteiger partial charge on any atom is -0.280 e. The summed E-state index contributed by atoms with van der Waals surface area (Å²) in [5.74, 6) is 0. The molecule has 0 saturated heterocycles. The number of nitro groups is 1. The minimum atomic E-state index is -4.02. The van der Waals surface area contributed by atoms with Gasteiger partial charge in [0.25, 0.3) is 15.7 Å². The number of anilines is 2. The van der Waals surface area contributed by atoms with Gasteiger partial charge < -0.3 is 0 Å². The standard InChI is InChI=1S/C17H13ClN4O4S2/c18-13-1-3-14(4-2-13)21-28(25,26)15-5-6-16(17(9-15)22(23)24)20-19-10-12-7-8-27-11-12/h1-11,20-21H/b19-10-. The Hall–Kier alpha value is -2.95. The molecule has 0 aliphatic heterocycles. The van der Waals surface area contributed by atoms with Gasteiger partial charge in [-0.25, -0.2) is 8.42 Å². The van der Waals surface area contributed by atoms with Crippen molar-refractivity contribution < 1.29 is 13.3 Å². The number of nitrogens with one attached hydrogen (secondary N) is 2. The minimum absolute atomic E-state index is 0.0712. The zero-order valence-corrected chi connectivity index (χ0v) is 16.5. The third-order valence-corrected chi connectivity index (χ3v) is 5.85. The van der Waals surface area contributed by atoms with E-state index in [0.29, 0.717) is 5.02 Å². The Labute approximate surface area is 169 Å². The maximum Gasteiger partial charge on any atom is 0.295 e. The monoisotopic (exact) mass is 436 g/mol. The molecule has 3 rings (SSSR count). The lowest BCUT2D eigenvalue weighted by Crippen LogP contribution is -2.13. The van der Waals surface area contributed by atoms with Crippen molar-refractivity contribution in [2.45, 2.75) is 4.90 Å². The van der Waals surface area contributed by atoms with Crippen LogP contribution in [-0.4, -0.2) is 19.6 Å². The molecule has 2 N–H and O–H groups in total. The molecule has 0 bridgehead atoms. The number of hydrazone groups is 1. The van der Waals surface area contributed by atoms with E-state index in [1.807, 2.05) is 16.8 Å². The zero-order chi connectivity index (χ0) is 20.1. The van der Waals surface area contributed by atoms with Gasteiger partial charge in [-0.15, -0.1) is 0 Å². The van der Waals surface area contributed by atoms with Crippen LogP contribution in [0.1, 0.15) is 5.56 Å². The molecule has 0 spiro atoms. The highest BCUT2D eigenvalue weighted by atomic mass is 35.5. The molecule has 0 fully saturated rings. The van der Waals surface area contributed by atoms with E-state index < -0.39 is 20.6 Å². The lowest BCUT2D eigenvalue weighted by Gasteiger charge is -2.09. The van der Waals surface area contributed by atoms with Crippen molar-refractivity contribution in [2.24, 2.45) is 5.10 Å². The summed E-state index contributed by atoms with van der Waals surface area (Å²) in [6.07, 6.45) is 1.51. The van der Waals surface area contributed by atoms with E-state index in [4.69, 9.17) is 11.6 Å². The summed E-state index contributed by atoms with van der Waals surface area (Å²) in [7, 11) is -4.02. The maximum atomic E-state index is 12.5. The van der Waals surface area contributed by atoms with Crippen LogP contribution in [0.4, 0.5) is 17.1 Å². The van der Waals surface area contributed by atoms with Crippen LogP contribution in [0, 0.1) is 10.1 Å². The number of hydrogen-bond acceptors (Lipinski definition) is 7. The van der Waals surface area contributed by atoms with Crippen LogP contribution in [0.2, 0.25) is 5.02 Å². The van der Waals surface area contributed by atoms with Crippen molar-refractivity contribution in [1.82, 2.24) is 0 Å². The van der Waals surface area contributed by atoms with Gasteiger partial charge in [0.05, 0.1) is 16.0 Å². The number of thiophene rings is 1. The summed E-state index contributed by atoms with van der Waals surface area (Å²) in [6, 6.07) is 11.4. The lowest BCUT2D eigenvalue weighted by atomic mass is 10.3. The molecule has 11 heteroatoms. The zero-order valence-electron chi connectivity index (χ0n) is 14.1. The molecule has 8 nitrogen and oxygen atoms in total. The average Bonchev–Trinajstić information content (AvgIpc) is 3.17. The van der Waals surface area contributed by atoms with Crippen molar-refractivity contribution in [3.63, 3.8) is 0 Å². The van der Waals surface area contributed by atoms with Gasteiger partial charge in [-0.2, -0.15) is 16.4 Å². The fourth-order valence-electron chi connectivity index (χ4n) is 2.18. The second-order valence-electron chi connectivity index (χ2n) is 5.48. The molecule has 1 aromatic heterocycles. The number of benzene rings is 2. The van der Waals surface area contributed by atoms with Crippen LogP contribution in [0.3, 0.4) is 0 Å². The first kappa shape index (κ1) is 19.8. The predicted octanol–water partition coefficient (Wildman–Crippen LogP) is 4.56. The number of sulfonamides is 1. The topological polar surface area (TPSA) is 114 Å². The van der Waals surface area contributed by atoms with E-state index in [0.717, 1.165) is 11.6 Å². The number of hydrogen-bond donors (Lipinski definition) is 2. The van der Waals surface area contributed by atoms with E-state index >= 15 is 0 Å². The summed E-state index contributed by atoms with van der Waals surface area (Å²) < 4.78 is 27.4. The van der Waals surface area contributed by atoms with Crippen LogP contribution in [0.5, 0.6) is 0 Å². The number of halogens is 1. The van der Waals surface area contributed by atoms with Crippen molar-refractivity contribution in [3.05, 3.63) is 80.0 Å². The second-order valence-corrected chi connectivity index (χ2v) is 8.37. The molecule has 144 valence electrons. The molecule has 0 aliphatic rings. The van der Waals surface area contributed by atoms with E-state index in [1.54, 1.807) is 0 Å². The first-order valence-electron chi connectivity index (χ1n) is 7.73. The summed E-state index contributed by atoms with van der Waals surface area (Å²) in [6.45, 7) is 0. The predicted molar refractivity (Wildman–Crippen MR) is 111 cm³/mol. The number of nitrogens with zero attached hydrogens (tertiary/aromatic N) is 2. The van der Waals surface area contributed by atoms with E-state index in [1.165, 1.54) is 53.9 Å². The first-order chi connectivity index (χ1) is 13.3. The summed E-state index contributed by atoms with van der Waals surface area (Å²) >= 11 is 7.27. The van der Waals surface area contributed by atoms with Crippen LogP contribution in [-0.2, 0) is 10.0 Å². The van der Waals surface area contributed by atoms with E-state index in [-0.39, 0.29) is 16.3 Å². The highest BCUT2D eigenvalue weighted by molar-refractivity contribution is 7.92. The molecule has 0 aliphatic carbocycles. The van der Waals surface area contributed by atoms with Crippen LogP contribution in [0.25, 0.3) is 0 Å². The van der Waals surface area contributed by atoms with Crippen molar-refractivity contribution in [3.8, 4) is 0 Å². The highest BCUT2D eigenvalue weighted by Gasteiger charge is 2.21. The molecule has 3 aromatic rings. The molecule has 28 heavy (non-hydrogen) atoms. The first-order valence-corrected chi connectivity index (χ1v) is 10.5. The Balaban J connectivity index is 1.85. The lowest BCUT2D eigenvalue weighted by molar-refractivity contribution is -0.384. The fourth-order valence-corrected chi connectivity index (χ4v) is 4.00. The third kappa shape index (κ3) is 4.85. The van der Waals surface area contributed by atoms with Gasteiger partial charge in [-0.1, -0.05) is 11.6 Å². The third-order valence-electron chi connectivity index (χ3n) is 3.51. The Bertz CT molecular complexity index is 1110. The van der Waals surface area contributed by atoms with Crippen molar-refractivity contribution in [1.29, 1.82) is 0 Å². The fraction of sp³-hybridized carbons (Fsp3) is 0. The normalized spacial score (nSPS) is 11.5. The van der Waals surface area contributed by atoms with Gasteiger partial charge in [-0.3, -0.25) is 20.3 Å². The van der Waals surface area contributed by atoms with Gasteiger partial charge >= 0.3 is 0 Å². The second kappa shape index (κ2) is 8.38. The molecule has 0 radical (unpaired) electrons. The van der Waals surface area contributed by atoms with Crippen molar-refractivity contribution >= 4 is 56.2 Å². The van der Waals surface area contributed by atoms with Gasteiger partial charge in [0.1, 0.15) is 5.69 Å². The molecule has 0 saturated carbocycles. The van der Waals surface area contributed by atoms with Gasteiger partial charge in [0.2, 0.25) is 0 Å². The average molecular weight is 437 g/mol. The molecular weight excluding hydrogens is 424 g/mol. The van der Waals surface area contributed by atoms with E-state index in [2.05, 4.69) is 15.2 Å². The number of nitro benzene ring substituents is 1. The van der Waals surface area contributed by atoms with Crippen molar-refractivity contribution in [2.75, 3.05) is 10.1 Å². The van der Waals surface area contributed by atoms with Crippen LogP contribution >= 0.6 is 22.9 Å². The maximum absolute atomic E-state index is 12.5. The SMILES string of the molecule is O=[N+]([O-])c1cc(S(=O)(=O)Nc2ccc(Cl)cc2)ccc1N/N=C\c1ccsc1. The molecule has 0 unspecified atom stereocenters. The van der Waals surface area contributed by atoms with E-state index in [9.17, 15) is 18.5 Å². The Kier molecular flexibility index (Phi) is 5.93. The summed E-state index contributed by atoms with van der Waals surface area (Å²) in [5.41, 5.74) is 3.35. The highest BCUT2D eigenvalue weighted by Crippen LogP contribution is 2.28. The van der Waals surface area contributed by atoms with Gasteiger partial charge in [-0.05, 0) is 53.2 Å². The molecule has 2 aromatic carbocycles. The molecular formula is C17H13ClN4O4S2. The van der Waals surface area contributed by atoms with Crippen LogP contribution in [0.15, 0.2) is 69.3 Å². The molecule has 0 atom stereocenters. The number of rotatable bonds is 7. The van der Waals surface area contributed by atoms with Gasteiger partial charge in [0, 0.05) is 22.3 Å². The van der Waals surface area contributed by atoms with Crippen LogP contribution < -0.4 is 10.1 Å².